The number of ketones is 1. The standard InChI is InChI=1S/C9H13NO2S.C4H10/c1-6(11)3-4-13-8-5-9(12)10-7(8)2;1-4(2)3/h8H,2-5H2,1H3,(H,10,12);4H,1-3H3. The Labute approximate surface area is 108 Å². The number of carbonyl (C=O) groups excluding carboxylic acids is 2. The lowest BCUT2D eigenvalue weighted by Gasteiger charge is -2.07. The van der Waals surface area contributed by atoms with Crippen molar-refractivity contribution in [2.75, 3.05) is 5.75 Å². The highest BCUT2D eigenvalue weighted by Crippen LogP contribution is 2.25. The zero-order valence-electron chi connectivity index (χ0n) is 11.2. The molecule has 98 valence electrons. The number of hydrogen-bond donors (Lipinski definition) is 1. The fraction of sp³-hybridized carbons (Fsp3) is 0.692. The van der Waals surface area contributed by atoms with Crippen LogP contribution >= 0.6 is 11.8 Å². The summed E-state index contributed by atoms with van der Waals surface area (Å²) in [6, 6.07) is 0. The molecule has 1 aliphatic rings. The number of nitrogens with one attached hydrogen (secondary N) is 1. The lowest BCUT2D eigenvalue weighted by Crippen LogP contribution is -2.11. The second kappa shape index (κ2) is 8.34. The van der Waals surface area contributed by atoms with Gasteiger partial charge in [-0.05, 0) is 12.8 Å². The van der Waals surface area contributed by atoms with Crippen LogP contribution in [0.2, 0.25) is 0 Å². The van der Waals surface area contributed by atoms with Crippen LogP contribution in [0.15, 0.2) is 12.3 Å². The van der Waals surface area contributed by atoms with Crippen LogP contribution in [0.1, 0.15) is 40.5 Å². The van der Waals surface area contributed by atoms with Gasteiger partial charge in [-0.1, -0.05) is 27.4 Å². The molecular weight excluding hydrogens is 234 g/mol. The van der Waals surface area contributed by atoms with E-state index in [2.05, 4.69) is 32.7 Å². The number of hydrogen-bond acceptors (Lipinski definition) is 3. The molecule has 17 heavy (non-hydrogen) atoms. The van der Waals surface area contributed by atoms with Gasteiger partial charge >= 0.3 is 0 Å². The van der Waals surface area contributed by atoms with E-state index in [9.17, 15) is 9.59 Å². The van der Waals surface area contributed by atoms with Gasteiger partial charge in [0.25, 0.3) is 0 Å². The summed E-state index contributed by atoms with van der Waals surface area (Å²) in [5.74, 6) is 1.83. The number of amides is 1. The Hall–Kier alpha value is -0.770. The normalized spacial score (nSPS) is 18.8. The number of thioether (sulfide) groups is 1. The van der Waals surface area contributed by atoms with Crippen LogP contribution in [0.3, 0.4) is 0 Å². The lowest BCUT2D eigenvalue weighted by atomic mass is 10.3. The molecule has 0 aromatic rings. The molecule has 0 spiro atoms. The van der Waals surface area contributed by atoms with Crippen molar-refractivity contribution in [3.8, 4) is 0 Å². The number of rotatable bonds is 4. The van der Waals surface area contributed by atoms with Gasteiger partial charge < -0.3 is 5.32 Å². The van der Waals surface area contributed by atoms with E-state index < -0.39 is 0 Å². The summed E-state index contributed by atoms with van der Waals surface area (Å²) in [5, 5.41) is 2.82. The highest BCUT2D eigenvalue weighted by Gasteiger charge is 2.25. The third-order valence-corrected chi connectivity index (χ3v) is 3.13. The first-order valence-corrected chi connectivity index (χ1v) is 6.97. The molecule has 1 aliphatic heterocycles. The second-order valence-corrected chi connectivity index (χ2v) is 6.13. The monoisotopic (exact) mass is 257 g/mol. The minimum absolute atomic E-state index is 0.0327. The highest BCUT2D eigenvalue weighted by atomic mass is 32.2. The van der Waals surface area contributed by atoms with Gasteiger partial charge in [0.05, 0.1) is 5.25 Å². The molecule has 1 fully saturated rings. The van der Waals surface area contributed by atoms with Crippen LogP contribution < -0.4 is 5.32 Å². The molecule has 0 saturated carbocycles. The van der Waals surface area contributed by atoms with E-state index in [1.54, 1.807) is 18.7 Å². The predicted molar refractivity (Wildman–Crippen MR) is 74.0 cm³/mol. The Morgan fingerprint density at radius 1 is 1.53 bits per heavy atom. The summed E-state index contributed by atoms with van der Waals surface area (Å²) in [4.78, 5) is 21.6. The van der Waals surface area contributed by atoms with Crippen molar-refractivity contribution in [1.29, 1.82) is 0 Å². The summed E-state index contributed by atoms with van der Waals surface area (Å²) in [7, 11) is 0. The van der Waals surface area contributed by atoms with Gasteiger partial charge in [-0.2, -0.15) is 11.8 Å². The zero-order valence-corrected chi connectivity index (χ0v) is 12.0. The Balaban J connectivity index is 0.000000557. The first-order valence-electron chi connectivity index (χ1n) is 5.92. The van der Waals surface area contributed by atoms with E-state index >= 15 is 0 Å². The van der Waals surface area contributed by atoms with Crippen molar-refractivity contribution in [3.63, 3.8) is 0 Å². The molecule has 1 heterocycles. The maximum absolute atomic E-state index is 10.9. The molecule has 0 bridgehead atoms. The number of Topliss-reactive ketones (excluding diaryl/α,β-unsaturated/α-hetero) is 1. The van der Waals surface area contributed by atoms with Gasteiger partial charge in [0.1, 0.15) is 5.78 Å². The van der Waals surface area contributed by atoms with E-state index in [-0.39, 0.29) is 16.9 Å². The Bertz CT molecular complexity index is 284. The van der Waals surface area contributed by atoms with E-state index in [0.29, 0.717) is 12.8 Å². The molecule has 0 aromatic carbocycles. The second-order valence-electron chi connectivity index (χ2n) is 4.82. The van der Waals surface area contributed by atoms with Crippen LogP contribution in [0, 0.1) is 5.92 Å². The van der Waals surface area contributed by atoms with Gasteiger partial charge in [-0.25, -0.2) is 0 Å². The molecule has 0 aliphatic carbocycles. The first-order chi connectivity index (χ1) is 7.82. The van der Waals surface area contributed by atoms with Crippen molar-refractivity contribution in [3.05, 3.63) is 12.3 Å². The predicted octanol–water partition coefficient (Wildman–Crippen LogP) is 2.76. The van der Waals surface area contributed by atoms with Crippen molar-refractivity contribution in [2.45, 2.75) is 45.8 Å². The average Bonchev–Trinajstić information content (AvgIpc) is 2.43. The lowest BCUT2D eigenvalue weighted by molar-refractivity contribution is -0.119. The van der Waals surface area contributed by atoms with E-state index in [1.165, 1.54) is 0 Å². The SMILES string of the molecule is C=C1NC(=O)CC1SCCC(C)=O.CC(C)C. The zero-order chi connectivity index (χ0) is 13.4. The highest BCUT2D eigenvalue weighted by molar-refractivity contribution is 8.00. The molecule has 1 amide bonds. The number of carbonyl (C=O) groups is 2. The Morgan fingerprint density at radius 3 is 2.41 bits per heavy atom. The average molecular weight is 257 g/mol. The van der Waals surface area contributed by atoms with Crippen molar-refractivity contribution in [1.82, 2.24) is 5.32 Å². The van der Waals surface area contributed by atoms with Gasteiger partial charge in [0, 0.05) is 24.3 Å². The van der Waals surface area contributed by atoms with E-state index in [0.717, 1.165) is 17.4 Å². The summed E-state index contributed by atoms with van der Waals surface area (Å²) in [6.07, 6.45) is 1.07. The van der Waals surface area contributed by atoms with Gasteiger partial charge in [0.2, 0.25) is 5.91 Å². The van der Waals surface area contributed by atoms with E-state index in [4.69, 9.17) is 0 Å². The topological polar surface area (TPSA) is 46.2 Å². The summed E-state index contributed by atoms with van der Waals surface area (Å²) < 4.78 is 0. The van der Waals surface area contributed by atoms with Crippen LogP contribution in [0.4, 0.5) is 0 Å². The molecule has 1 N–H and O–H groups in total. The van der Waals surface area contributed by atoms with Crippen LogP contribution in [-0.2, 0) is 9.59 Å². The van der Waals surface area contributed by atoms with Crippen LogP contribution in [0.25, 0.3) is 0 Å². The molecule has 0 radical (unpaired) electrons. The molecule has 1 unspecified atom stereocenters. The Morgan fingerprint density at radius 2 is 2.06 bits per heavy atom. The third kappa shape index (κ3) is 8.98. The molecule has 1 atom stereocenters. The largest absolute Gasteiger partial charge is 0.329 e. The fourth-order valence-electron chi connectivity index (χ4n) is 1.11. The molecule has 1 rings (SSSR count). The maximum Gasteiger partial charge on any atom is 0.225 e. The quantitative estimate of drug-likeness (QED) is 0.842. The molecule has 1 saturated heterocycles. The van der Waals surface area contributed by atoms with Crippen LogP contribution in [-0.4, -0.2) is 22.7 Å². The molecular formula is C13H23NO2S. The van der Waals surface area contributed by atoms with Crippen molar-refractivity contribution in [2.24, 2.45) is 5.92 Å². The van der Waals surface area contributed by atoms with Crippen molar-refractivity contribution < 1.29 is 9.59 Å². The Kier molecular flexibility index (Phi) is 7.96. The summed E-state index contributed by atoms with van der Waals surface area (Å²) in [5.41, 5.74) is 0.776. The van der Waals surface area contributed by atoms with E-state index in [1.807, 2.05) is 0 Å². The minimum Gasteiger partial charge on any atom is -0.329 e. The van der Waals surface area contributed by atoms with Gasteiger partial charge in [0.15, 0.2) is 0 Å². The third-order valence-electron chi connectivity index (χ3n) is 1.83. The minimum atomic E-state index is 0.0327. The summed E-state index contributed by atoms with van der Waals surface area (Å²) >= 11 is 1.62. The molecule has 0 aromatic heterocycles. The van der Waals surface area contributed by atoms with Gasteiger partial charge in [-0.15, -0.1) is 0 Å². The molecule has 4 heteroatoms. The molecule has 3 nitrogen and oxygen atoms in total. The smallest absolute Gasteiger partial charge is 0.225 e. The van der Waals surface area contributed by atoms with Gasteiger partial charge in [-0.3, -0.25) is 9.59 Å². The van der Waals surface area contributed by atoms with Crippen LogP contribution in [0.5, 0.6) is 0 Å². The fourth-order valence-corrected chi connectivity index (χ4v) is 2.33. The summed E-state index contributed by atoms with van der Waals surface area (Å²) in [6.45, 7) is 11.8. The van der Waals surface area contributed by atoms with Crippen molar-refractivity contribution >= 4 is 23.5 Å². The maximum atomic E-state index is 10.9. The first kappa shape index (κ1) is 16.2.